The number of rotatable bonds is 7. The first-order chi connectivity index (χ1) is 6.93. The molecule has 1 unspecified atom stereocenters. The van der Waals surface area contributed by atoms with Crippen LogP contribution < -0.4 is 0 Å². The van der Waals surface area contributed by atoms with E-state index in [1.807, 2.05) is 11.8 Å². The highest BCUT2D eigenvalue weighted by atomic mass is 32.2. The van der Waals surface area contributed by atoms with Gasteiger partial charge in [0.2, 0.25) is 0 Å². The molecule has 0 N–H and O–H groups in total. The van der Waals surface area contributed by atoms with Gasteiger partial charge < -0.3 is 4.74 Å². The third-order valence-electron chi connectivity index (χ3n) is 2.69. The van der Waals surface area contributed by atoms with Crippen LogP contribution in [0.3, 0.4) is 0 Å². The molecule has 2 heteroatoms. The SMILES string of the molecule is CCCCCCCSC1CCCCO1. The highest BCUT2D eigenvalue weighted by molar-refractivity contribution is 7.99. The van der Waals surface area contributed by atoms with Crippen molar-refractivity contribution >= 4 is 11.8 Å². The van der Waals surface area contributed by atoms with Gasteiger partial charge in [-0.05, 0) is 31.4 Å². The summed E-state index contributed by atoms with van der Waals surface area (Å²) in [7, 11) is 0. The van der Waals surface area contributed by atoms with E-state index in [0.29, 0.717) is 5.44 Å². The van der Waals surface area contributed by atoms with Crippen molar-refractivity contribution in [2.24, 2.45) is 0 Å². The molecule has 1 rings (SSSR count). The summed E-state index contributed by atoms with van der Waals surface area (Å²) < 4.78 is 5.67. The first-order valence-electron chi connectivity index (χ1n) is 6.16. The van der Waals surface area contributed by atoms with Crippen LogP contribution in [0.15, 0.2) is 0 Å². The molecule has 0 aromatic heterocycles. The predicted molar refractivity (Wildman–Crippen MR) is 64.8 cm³/mol. The molecule has 1 saturated heterocycles. The van der Waals surface area contributed by atoms with E-state index in [9.17, 15) is 0 Å². The molecule has 0 amide bonds. The summed E-state index contributed by atoms with van der Waals surface area (Å²) in [6, 6.07) is 0. The Bertz CT molecular complexity index is 121. The maximum absolute atomic E-state index is 5.67. The Labute approximate surface area is 93.0 Å². The van der Waals surface area contributed by atoms with Crippen LogP contribution in [-0.2, 0) is 4.74 Å². The van der Waals surface area contributed by atoms with Gasteiger partial charge in [0, 0.05) is 6.61 Å². The molecule has 1 aliphatic heterocycles. The molecule has 0 spiro atoms. The Morgan fingerprint density at radius 1 is 1.14 bits per heavy atom. The number of unbranched alkanes of at least 4 members (excludes halogenated alkanes) is 4. The van der Waals surface area contributed by atoms with Crippen LogP contribution in [0.4, 0.5) is 0 Å². The summed E-state index contributed by atoms with van der Waals surface area (Å²) in [5.41, 5.74) is 0.523. The second kappa shape index (κ2) is 8.60. The molecule has 1 nitrogen and oxygen atoms in total. The van der Waals surface area contributed by atoms with Gasteiger partial charge in [-0.2, -0.15) is 0 Å². The monoisotopic (exact) mass is 216 g/mol. The van der Waals surface area contributed by atoms with Gasteiger partial charge in [-0.3, -0.25) is 0 Å². The molecular formula is C12H24OS. The Hall–Kier alpha value is 0.310. The van der Waals surface area contributed by atoms with Crippen molar-refractivity contribution in [3.8, 4) is 0 Å². The fourth-order valence-corrected chi connectivity index (χ4v) is 2.92. The van der Waals surface area contributed by atoms with Crippen molar-refractivity contribution in [2.75, 3.05) is 12.4 Å². The minimum absolute atomic E-state index is 0.523. The highest BCUT2D eigenvalue weighted by Gasteiger charge is 2.12. The molecule has 1 aliphatic rings. The standard InChI is InChI=1S/C12H24OS/c1-2-3-4-5-8-11-14-12-9-6-7-10-13-12/h12H,2-11H2,1H3. The first kappa shape index (κ1) is 12.4. The first-order valence-corrected chi connectivity index (χ1v) is 7.21. The fraction of sp³-hybridized carbons (Fsp3) is 1.00. The van der Waals surface area contributed by atoms with Crippen molar-refractivity contribution in [1.29, 1.82) is 0 Å². The molecule has 0 aromatic carbocycles. The van der Waals surface area contributed by atoms with Crippen LogP contribution in [0.2, 0.25) is 0 Å². The maximum Gasteiger partial charge on any atom is 0.103 e. The fourth-order valence-electron chi connectivity index (χ4n) is 1.76. The van der Waals surface area contributed by atoms with Crippen LogP contribution in [0.25, 0.3) is 0 Å². The van der Waals surface area contributed by atoms with Crippen molar-refractivity contribution in [2.45, 2.75) is 63.7 Å². The summed E-state index contributed by atoms with van der Waals surface area (Å²) >= 11 is 2.03. The molecule has 1 fully saturated rings. The highest BCUT2D eigenvalue weighted by Crippen LogP contribution is 2.24. The average molecular weight is 216 g/mol. The van der Waals surface area contributed by atoms with Crippen molar-refractivity contribution in [3.05, 3.63) is 0 Å². The average Bonchev–Trinajstić information content (AvgIpc) is 2.25. The smallest absolute Gasteiger partial charge is 0.103 e. The lowest BCUT2D eigenvalue weighted by molar-refractivity contribution is 0.0728. The lowest BCUT2D eigenvalue weighted by atomic mass is 10.2. The van der Waals surface area contributed by atoms with E-state index < -0.39 is 0 Å². The number of hydrogen-bond acceptors (Lipinski definition) is 2. The summed E-state index contributed by atoms with van der Waals surface area (Å²) in [4.78, 5) is 0. The van der Waals surface area contributed by atoms with E-state index in [-0.39, 0.29) is 0 Å². The van der Waals surface area contributed by atoms with Gasteiger partial charge in [-0.25, -0.2) is 0 Å². The normalized spacial score (nSPS) is 22.5. The van der Waals surface area contributed by atoms with Gasteiger partial charge in [-0.1, -0.05) is 32.6 Å². The molecule has 0 aliphatic carbocycles. The predicted octanol–water partition coefficient (Wildman–Crippen LogP) is 4.22. The second-order valence-corrected chi connectivity index (χ2v) is 5.35. The number of thioether (sulfide) groups is 1. The van der Waals surface area contributed by atoms with Gasteiger partial charge in [-0.15, -0.1) is 11.8 Å². The van der Waals surface area contributed by atoms with Gasteiger partial charge in [0.25, 0.3) is 0 Å². The van der Waals surface area contributed by atoms with Gasteiger partial charge in [0.05, 0.1) is 0 Å². The maximum atomic E-state index is 5.67. The van der Waals surface area contributed by atoms with E-state index in [1.54, 1.807) is 0 Å². The third-order valence-corrected chi connectivity index (χ3v) is 3.96. The Morgan fingerprint density at radius 3 is 2.71 bits per heavy atom. The molecule has 0 bridgehead atoms. The van der Waals surface area contributed by atoms with E-state index in [0.717, 1.165) is 6.61 Å². The molecule has 1 heterocycles. The molecule has 84 valence electrons. The van der Waals surface area contributed by atoms with Gasteiger partial charge in [0.15, 0.2) is 0 Å². The van der Waals surface area contributed by atoms with E-state index in [4.69, 9.17) is 4.74 Å². The largest absolute Gasteiger partial charge is 0.368 e. The molecule has 0 aromatic rings. The lowest BCUT2D eigenvalue weighted by Crippen LogP contribution is -2.15. The zero-order valence-electron chi connectivity index (χ0n) is 9.46. The molecular weight excluding hydrogens is 192 g/mol. The Morgan fingerprint density at radius 2 is 2.00 bits per heavy atom. The van der Waals surface area contributed by atoms with E-state index in [1.165, 1.54) is 57.1 Å². The summed E-state index contributed by atoms with van der Waals surface area (Å²) in [6.07, 6.45) is 10.9. The molecule has 14 heavy (non-hydrogen) atoms. The van der Waals surface area contributed by atoms with Crippen LogP contribution in [0.5, 0.6) is 0 Å². The molecule has 0 radical (unpaired) electrons. The summed E-state index contributed by atoms with van der Waals surface area (Å²) in [5.74, 6) is 1.30. The minimum atomic E-state index is 0.523. The number of ether oxygens (including phenoxy) is 1. The Balaban J connectivity index is 1.82. The van der Waals surface area contributed by atoms with Crippen LogP contribution in [0.1, 0.15) is 58.3 Å². The van der Waals surface area contributed by atoms with Crippen molar-refractivity contribution < 1.29 is 4.74 Å². The molecule has 1 atom stereocenters. The third kappa shape index (κ3) is 5.92. The van der Waals surface area contributed by atoms with E-state index in [2.05, 4.69) is 6.92 Å². The quantitative estimate of drug-likeness (QED) is 0.589. The van der Waals surface area contributed by atoms with Crippen LogP contribution in [0, 0.1) is 0 Å². The van der Waals surface area contributed by atoms with Crippen molar-refractivity contribution in [3.63, 3.8) is 0 Å². The topological polar surface area (TPSA) is 9.23 Å². The zero-order valence-corrected chi connectivity index (χ0v) is 10.3. The van der Waals surface area contributed by atoms with Gasteiger partial charge in [0.1, 0.15) is 5.44 Å². The Kier molecular flexibility index (Phi) is 7.61. The number of hydrogen-bond donors (Lipinski definition) is 0. The van der Waals surface area contributed by atoms with Gasteiger partial charge >= 0.3 is 0 Å². The van der Waals surface area contributed by atoms with Crippen LogP contribution in [-0.4, -0.2) is 17.8 Å². The minimum Gasteiger partial charge on any atom is -0.368 e. The second-order valence-electron chi connectivity index (χ2n) is 4.08. The van der Waals surface area contributed by atoms with Crippen molar-refractivity contribution in [1.82, 2.24) is 0 Å². The summed E-state index contributed by atoms with van der Waals surface area (Å²) in [6.45, 7) is 3.26. The molecule has 0 saturated carbocycles. The summed E-state index contributed by atoms with van der Waals surface area (Å²) in [5, 5.41) is 0. The van der Waals surface area contributed by atoms with E-state index >= 15 is 0 Å². The lowest BCUT2D eigenvalue weighted by Gasteiger charge is -2.21. The zero-order chi connectivity index (χ0) is 10.1. The van der Waals surface area contributed by atoms with Crippen LogP contribution >= 0.6 is 11.8 Å².